The summed E-state index contributed by atoms with van der Waals surface area (Å²) in [4.78, 5) is 22.6. The fraction of sp³-hybridized carbons (Fsp3) is 0.133. The quantitative estimate of drug-likeness (QED) is 0.365. The second-order valence-electron chi connectivity index (χ2n) is 4.20. The summed E-state index contributed by atoms with van der Waals surface area (Å²) in [6.45, 7) is 0. The molecule has 0 radical (unpaired) electrons. The number of nitrogens with zero attached hydrogens (tertiary/aromatic N) is 1. The molecule has 108 valence electrons. The van der Waals surface area contributed by atoms with Crippen LogP contribution in [0.4, 0.5) is 5.69 Å². The number of carbonyl (C=O) groups excluding carboxylic acids is 1. The van der Waals surface area contributed by atoms with E-state index in [0.717, 1.165) is 10.5 Å². The Balaban J connectivity index is 2.09. The Bertz CT molecular complexity index is 655. The van der Waals surface area contributed by atoms with Gasteiger partial charge < -0.3 is 4.74 Å². The van der Waals surface area contributed by atoms with Gasteiger partial charge in [0.1, 0.15) is 0 Å². The first-order valence-corrected chi connectivity index (χ1v) is 7.14. The predicted molar refractivity (Wildman–Crippen MR) is 80.4 cm³/mol. The molecule has 0 bridgehead atoms. The zero-order chi connectivity index (χ0) is 15.2. The lowest BCUT2D eigenvalue weighted by molar-refractivity contribution is -0.384. The summed E-state index contributed by atoms with van der Waals surface area (Å²) in [7, 11) is 1.35. The van der Waals surface area contributed by atoms with E-state index in [0.29, 0.717) is 11.3 Å². The minimum Gasteiger partial charge on any atom is -0.465 e. The topological polar surface area (TPSA) is 69.4 Å². The number of rotatable bonds is 5. The van der Waals surface area contributed by atoms with E-state index in [1.807, 2.05) is 12.1 Å². The predicted octanol–water partition coefficient (Wildman–Crippen LogP) is 3.67. The summed E-state index contributed by atoms with van der Waals surface area (Å²) in [5.74, 6) is 0.244. The van der Waals surface area contributed by atoms with Gasteiger partial charge in [-0.25, -0.2) is 4.79 Å². The third-order valence-electron chi connectivity index (χ3n) is 2.83. The van der Waals surface area contributed by atoms with Crippen LogP contribution in [-0.2, 0) is 10.5 Å². The van der Waals surface area contributed by atoms with Crippen LogP contribution in [0.25, 0.3) is 0 Å². The van der Waals surface area contributed by atoms with Crippen molar-refractivity contribution in [1.29, 1.82) is 0 Å². The van der Waals surface area contributed by atoms with E-state index >= 15 is 0 Å². The third-order valence-corrected chi connectivity index (χ3v) is 3.98. The van der Waals surface area contributed by atoms with E-state index in [-0.39, 0.29) is 11.7 Å². The van der Waals surface area contributed by atoms with Gasteiger partial charge in [0.25, 0.3) is 5.69 Å². The van der Waals surface area contributed by atoms with Crippen molar-refractivity contribution in [3.63, 3.8) is 0 Å². The summed E-state index contributed by atoms with van der Waals surface area (Å²) in [5.41, 5.74) is 1.54. The van der Waals surface area contributed by atoms with Crippen molar-refractivity contribution in [2.45, 2.75) is 10.6 Å². The van der Waals surface area contributed by atoms with Gasteiger partial charge in [0.2, 0.25) is 0 Å². The van der Waals surface area contributed by atoms with Crippen LogP contribution in [0.1, 0.15) is 15.9 Å². The van der Waals surface area contributed by atoms with E-state index in [9.17, 15) is 14.9 Å². The Hall–Kier alpha value is -2.34. The lowest BCUT2D eigenvalue weighted by Crippen LogP contribution is -2.02. The smallest absolute Gasteiger partial charge is 0.338 e. The molecule has 0 fully saturated rings. The minimum absolute atomic E-state index is 0.0683. The highest BCUT2D eigenvalue weighted by atomic mass is 32.2. The number of hydrogen-bond acceptors (Lipinski definition) is 5. The maximum absolute atomic E-state index is 11.7. The van der Waals surface area contributed by atoms with Crippen molar-refractivity contribution in [3.8, 4) is 0 Å². The Labute approximate surface area is 126 Å². The van der Waals surface area contributed by atoms with Crippen LogP contribution in [0.5, 0.6) is 0 Å². The molecule has 5 nitrogen and oxygen atoms in total. The van der Waals surface area contributed by atoms with Crippen molar-refractivity contribution in [2.24, 2.45) is 0 Å². The molecule has 0 unspecified atom stereocenters. The van der Waals surface area contributed by atoms with Crippen LogP contribution in [0.3, 0.4) is 0 Å². The average Bonchev–Trinajstić information content (AvgIpc) is 2.52. The third kappa shape index (κ3) is 3.82. The van der Waals surface area contributed by atoms with Crippen LogP contribution in [-0.4, -0.2) is 18.0 Å². The molecule has 0 N–H and O–H groups in total. The number of non-ortho nitro benzene ring substituents is 1. The Morgan fingerprint density at radius 2 is 1.86 bits per heavy atom. The van der Waals surface area contributed by atoms with Crippen molar-refractivity contribution < 1.29 is 14.5 Å². The van der Waals surface area contributed by atoms with E-state index < -0.39 is 4.92 Å². The van der Waals surface area contributed by atoms with Crippen molar-refractivity contribution in [2.75, 3.05) is 7.11 Å². The highest BCUT2D eigenvalue weighted by Crippen LogP contribution is 2.27. The van der Waals surface area contributed by atoms with E-state index in [1.165, 1.54) is 31.0 Å². The van der Waals surface area contributed by atoms with Crippen molar-refractivity contribution >= 4 is 23.4 Å². The second kappa shape index (κ2) is 6.90. The molecule has 2 rings (SSSR count). The largest absolute Gasteiger partial charge is 0.465 e. The van der Waals surface area contributed by atoms with Crippen LogP contribution in [0.2, 0.25) is 0 Å². The van der Waals surface area contributed by atoms with Crippen LogP contribution in [0, 0.1) is 10.1 Å². The number of benzene rings is 2. The lowest BCUT2D eigenvalue weighted by atomic mass is 10.2. The van der Waals surface area contributed by atoms with Gasteiger partial charge in [0, 0.05) is 22.8 Å². The van der Waals surface area contributed by atoms with Gasteiger partial charge >= 0.3 is 5.97 Å². The number of esters is 1. The number of nitro groups is 1. The SMILES string of the molecule is COC(=O)c1ccccc1SCc1ccc([N+](=O)[O-])cc1. The molecule has 0 saturated carbocycles. The highest BCUT2D eigenvalue weighted by Gasteiger charge is 2.11. The molecule has 0 aliphatic carbocycles. The number of thioether (sulfide) groups is 1. The summed E-state index contributed by atoms with van der Waals surface area (Å²) >= 11 is 1.49. The van der Waals surface area contributed by atoms with Gasteiger partial charge in [-0.15, -0.1) is 11.8 Å². The van der Waals surface area contributed by atoms with Gasteiger partial charge in [0.15, 0.2) is 0 Å². The molecule has 2 aromatic carbocycles. The summed E-state index contributed by atoms with van der Waals surface area (Å²) in [6.07, 6.45) is 0. The lowest BCUT2D eigenvalue weighted by Gasteiger charge is -2.07. The molecular formula is C15H13NO4S. The number of methoxy groups -OCH3 is 1. The summed E-state index contributed by atoms with van der Waals surface area (Å²) < 4.78 is 4.74. The van der Waals surface area contributed by atoms with Crippen molar-refractivity contribution in [1.82, 2.24) is 0 Å². The molecule has 0 aliphatic heterocycles. The normalized spacial score (nSPS) is 10.1. The molecule has 0 saturated heterocycles. The number of nitro benzene ring substituents is 1. The Morgan fingerprint density at radius 3 is 2.48 bits per heavy atom. The number of ether oxygens (including phenoxy) is 1. The van der Waals surface area contributed by atoms with Crippen molar-refractivity contribution in [3.05, 3.63) is 69.8 Å². The molecule has 21 heavy (non-hydrogen) atoms. The number of carbonyl (C=O) groups is 1. The summed E-state index contributed by atoms with van der Waals surface area (Å²) in [5, 5.41) is 10.6. The maximum atomic E-state index is 11.7. The maximum Gasteiger partial charge on any atom is 0.338 e. The minimum atomic E-state index is -0.427. The molecule has 0 amide bonds. The van der Waals surface area contributed by atoms with Gasteiger partial charge in [-0.1, -0.05) is 24.3 Å². The van der Waals surface area contributed by atoms with Crippen LogP contribution in [0.15, 0.2) is 53.4 Å². The Morgan fingerprint density at radius 1 is 1.19 bits per heavy atom. The van der Waals surface area contributed by atoms with Gasteiger partial charge in [-0.3, -0.25) is 10.1 Å². The zero-order valence-corrected chi connectivity index (χ0v) is 12.1. The number of hydrogen-bond donors (Lipinski definition) is 0. The highest BCUT2D eigenvalue weighted by molar-refractivity contribution is 7.98. The molecule has 2 aromatic rings. The monoisotopic (exact) mass is 303 g/mol. The molecule has 0 aromatic heterocycles. The first kappa shape index (κ1) is 15.1. The molecule has 0 heterocycles. The molecule has 0 aliphatic rings. The average molecular weight is 303 g/mol. The fourth-order valence-corrected chi connectivity index (χ4v) is 2.74. The molecule has 0 atom stereocenters. The van der Waals surface area contributed by atoms with Crippen LogP contribution < -0.4 is 0 Å². The van der Waals surface area contributed by atoms with E-state index in [4.69, 9.17) is 4.74 Å². The molecule has 6 heteroatoms. The molecule has 0 spiro atoms. The Kier molecular flexibility index (Phi) is 4.94. The van der Waals surface area contributed by atoms with Gasteiger partial charge in [-0.2, -0.15) is 0 Å². The van der Waals surface area contributed by atoms with Gasteiger partial charge in [-0.05, 0) is 17.7 Å². The second-order valence-corrected chi connectivity index (χ2v) is 5.22. The summed E-state index contributed by atoms with van der Waals surface area (Å²) in [6, 6.07) is 13.6. The first-order valence-electron chi connectivity index (χ1n) is 6.15. The standard InChI is InChI=1S/C15H13NO4S/c1-20-15(17)13-4-2-3-5-14(13)21-10-11-6-8-12(9-7-11)16(18)19/h2-9H,10H2,1H3. The fourth-order valence-electron chi connectivity index (χ4n) is 1.75. The van der Waals surface area contributed by atoms with E-state index in [1.54, 1.807) is 24.3 Å². The van der Waals surface area contributed by atoms with E-state index in [2.05, 4.69) is 0 Å². The zero-order valence-electron chi connectivity index (χ0n) is 11.3. The first-order chi connectivity index (χ1) is 10.1. The van der Waals surface area contributed by atoms with Gasteiger partial charge in [0.05, 0.1) is 17.6 Å². The van der Waals surface area contributed by atoms with Crippen LogP contribution >= 0.6 is 11.8 Å². The molecular weight excluding hydrogens is 290 g/mol.